The van der Waals surface area contributed by atoms with E-state index in [0.29, 0.717) is 10.8 Å². The maximum absolute atomic E-state index is 12.3. The number of hydrogen-bond acceptors (Lipinski definition) is 5. The van der Waals surface area contributed by atoms with E-state index in [4.69, 9.17) is 0 Å². The van der Waals surface area contributed by atoms with Crippen LogP contribution >= 0.6 is 11.8 Å². The lowest BCUT2D eigenvalue weighted by atomic mass is 10.2. The van der Waals surface area contributed by atoms with Gasteiger partial charge in [-0.2, -0.15) is 0 Å². The molecule has 0 spiro atoms. The minimum Gasteiger partial charge on any atom is -0.335 e. The van der Waals surface area contributed by atoms with Gasteiger partial charge in [0.1, 0.15) is 0 Å². The normalized spacial score (nSPS) is 11.6. The maximum Gasteiger partial charge on any atom is 0.243 e. The smallest absolute Gasteiger partial charge is 0.243 e. The first-order valence-electron chi connectivity index (χ1n) is 7.51. The van der Waals surface area contributed by atoms with Gasteiger partial charge in [-0.05, 0) is 32.0 Å². The number of likely N-dealkylation sites (N-methyl/N-ethyl adjacent to an activating group) is 1. The Bertz CT molecular complexity index is 691. The third kappa shape index (κ3) is 5.34. The van der Waals surface area contributed by atoms with Crippen molar-refractivity contribution in [2.24, 2.45) is 0 Å². The Balaban J connectivity index is 1.86. The van der Waals surface area contributed by atoms with Crippen molar-refractivity contribution in [2.75, 3.05) is 18.9 Å². The number of aromatic nitrogens is 2. The van der Waals surface area contributed by atoms with Crippen molar-refractivity contribution < 1.29 is 9.59 Å². The lowest BCUT2D eigenvalue weighted by molar-refractivity contribution is -0.132. The topological polar surface area (TPSA) is 75.2 Å². The molecule has 7 heteroatoms. The Morgan fingerprint density at radius 1 is 1.21 bits per heavy atom. The van der Waals surface area contributed by atoms with E-state index in [9.17, 15) is 9.59 Å². The van der Waals surface area contributed by atoms with Gasteiger partial charge >= 0.3 is 0 Å². The number of carbonyl (C=O) groups excluding carboxylic acids is 2. The lowest BCUT2D eigenvalue weighted by Crippen LogP contribution is -2.39. The van der Waals surface area contributed by atoms with E-state index < -0.39 is 0 Å². The summed E-state index contributed by atoms with van der Waals surface area (Å²) in [6.07, 6.45) is 3.26. The molecule has 2 rings (SSSR count). The fourth-order valence-electron chi connectivity index (χ4n) is 2.00. The molecule has 0 fully saturated rings. The second kappa shape index (κ2) is 8.44. The SMILES string of the molecule is Cc1ccc(NC(=O)CN(C)C(=O)[C@H](C)Sc2ncccn2)cc1. The second-order valence-electron chi connectivity index (χ2n) is 5.40. The van der Waals surface area contributed by atoms with Gasteiger partial charge < -0.3 is 10.2 Å². The van der Waals surface area contributed by atoms with Gasteiger partial charge in [-0.25, -0.2) is 9.97 Å². The van der Waals surface area contributed by atoms with E-state index in [-0.39, 0.29) is 23.6 Å². The zero-order chi connectivity index (χ0) is 17.5. The van der Waals surface area contributed by atoms with Crippen molar-refractivity contribution in [3.05, 3.63) is 48.3 Å². The van der Waals surface area contributed by atoms with E-state index in [2.05, 4.69) is 15.3 Å². The summed E-state index contributed by atoms with van der Waals surface area (Å²) in [7, 11) is 1.61. The number of thioether (sulfide) groups is 1. The van der Waals surface area contributed by atoms with Crippen molar-refractivity contribution in [2.45, 2.75) is 24.3 Å². The first-order valence-corrected chi connectivity index (χ1v) is 8.39. The highest BCUT2D eigenvalue weighted by molar-refractivity contribution is 8.00. The molecular formula is C17H20N4O2S. The molecular weight excluding hydrogens is 324 g/mol. The molecule has 0 bridgehead atoms. The number of nitrogens with one attached hydrogen (secondary N) is 1. The fraction of sp³-hybridized carbons (Fsp3) is 0.294. The lowest BCUT2D eigenvalue weighted by Gasteiger charge is -2.20. The van der Waals surface area contributed by atoms with Crippen molar-refractivity contribution in [3.63, 3.8) is 0 Å². The summed E-state index contributed by atoms with van der Waals surface area (Å²) in [5.41, 5.74) is 1.83. The largest absolute Gasteiger partial charge is 0.335 e. The summed E-state index contributed by atoms with van der Waals surface area (Å²) < 4.78 is 0. The molecule has 0 aliphatic carbocycles. The monoisotopic (exact) mass is 344 g/mol. The molecule has 0 saturated heterocycles. The molecule has 2 aromatic rings. The summed E-state index contributed by atoms with van der Waals surface area (Å²) in [6, 6.07) is 9.23. The Morgan fingerprint density at radius 2 is 1.83 bits per heavy atom. The van der Waals surface area contributed by atoms with Crippen LogP contribution in [0.2, 0.25) is 0 Å². The number of anilines is 1. The Hall–Kier alpha value is -2.41. The molecule has 126 valence electrons. The van der Waals surface area contributed by atoms with Crippen molar-refractivity contribution in [1.29, 1.82) is 0 Å². The molecule has 0 unspecified atom stereocenters. The van der Waals surface area contributed by atoms with Gasteiger partial charge in [-0.15, -0.1) is 0 Å². The number of benzene rings is 1. The average molecular weight is 344 g/mol. The van der Waals surface area contributed by atoms with Crippen molar-refractivity contribution >= 4 is 29.3 Å². The van der Waals surface area contributed by atoms with Crippen LogP contribution < -0.4 is 5.32 Å². The number of rotatable bonds is 6. The van der Waals surface area contributed by atoms with E-state index in [0.717, 1.165) is 5.56 Å². The molecule has 1 aromatic heterocycles. The van der Waals surface area contributed by atoms with Crippen molar-refractivity contribution in [1.82, 2.24) is 14.9 Å². The van der Waals surface area contributed by atoms with Crippen LogP contribution in [-0.4, -0.2) is 45.5 Å². The van der Waals surface area contributed by atoms with E-state index in [1.54, 1.807) is 32.4 Å². The van der Waals surface area contributed by atoms with Gasteiger partial charge in [0, 0.05) is 25.1 Å². The molecule has 0 aliphatic rings. The number of hydrogen-bond donors (Lipinski definition) is 1. The van der Waals surface area contributed by atoms with Gasteiger partial charge in [-0.1, -0.05) is 29.5 Å². The third-order valence-electron chi connectivity index (χ3n) is 3.26. The first-order chi connectivity index (χ1) is 11.5. The fourth-order valence-corrected chi connectivity index (χ4v) is 2.84. The summed E-state index contributed by atoms with van der Waals surface area (Å²) in [5, 5.41) is 2.95. The van der Waals surface area contributed by atoms with Crippen LogP contribution in [0, 0.1) is 6.92 Å². The molecule has 2 amide bonds. The molecule has 0 saturated carbocycles. The summed E-state index contributed by atoms with van der Waals surface area (Å²) >= 11 is 1.27. The molecule has 0 radical (unpaired) electrons. The van der Waals surface area contributed by atoms with Crippen LogP contribution in [0.4, 0.5) is 5.69 Å². The molecule has 24 heavy (non-hydrogen) atoms. The maximum atomic E-state index is 12.3. The number of aryl methyl sites for hydroxylation is 1. The van der Waals surface area contributed by atoms with Gasteiger partial charge in [0.25, 0.3) is 0 Å². The third-order valence-corrected chi connectivity index (χ3v) is 4.24. The highest BCUT2D eigenvalue weighted by Crippen LogP contribution is 2.19. The second-order valence-corrected chi connectivity index (χ2v) is 6.71. The molecule has 1 heterocycles. The van der Waals surface area contributed by atoms with E-state index in [1.165, 1.54) is 16.7 Å². The van der Waals surface area contributed by atoms with Gasteiger partial charge in [0.15, 0.2) is 5.16 Å². The standard InChI is InChI=1S/C17H20N4O2S/c1-12-5-7-14(8-6-12)20-15(22)11-21(3)16(23)13(2)24-17-18-9-4-10-19-17/h4-10,13H,11H2,1-3H3,(H,20,22)/t13-/m0/s1. The summed E-state index contributed by atoms with van der Waals surface area (Å²) in [5.74, 6) is -0.380. The minimum absolute atomic E-state index is 0.00669. The Morgan fingerprint density at radius 3 is 2.46 bits per heavy atom. The zero-order valence-electron chi connectivity index (χ0n) is 13.9. The minimum atomic E-state index is -0.371. The first kappa shape index (κ1) is 17.9. The number of carbonyl (C=O) groups is 2. The van der Waals surface area contributed by atoms with E-state index in [1.807, 2.05) is 31.2 Å². The average Bonchev–Trinajstić information content (AvgIpc) is 2.57. The molecule has 1 aromatic carbocycles. The van der Waals surface area contributed by atoms with Crippen LogP contribution in [0.1, 0.15) is 12.5 Å². The van der Waals surface area contributed by atoms with E-state index >= 15 is 0 Å². The molecule has 1 N–H and O–H groups in total. The van der Waals surface area contributed by atoms with Crippen LogP contribution in [0.3, 0.4) is 0 Å². The summed E-state index contributed by atoms with van der Waals surface area (Å²) in [6.45, 7) is 3.75. The van der Waals surface area contributed by atoms with Crippen LogP contribution in [0.15, 0.2) is 47.9 Å². The Kier molecular flexibility index (Phi) is 6.31. The molecule has 1 atom stereocenters. The molecule has 6 nitrogen and oxygen atoms in total. The van der Waals surface area contributed by atoms with Gasteiger partial charge in [0.05, 0.1) is 11.8 Å². The highest BCUT2D eigenvalue weighted by Gasteiger charge is 2.21. The predicted molar refractivity (Wildman–Crippen MR) is 94.8 cm³/mol. The zero-order valence-corrected chi connectivity index (χ0v) is 14.7. The Labute approximate surface area is 145 Å². The predicted octanol–water partition coefficient (Wildman–Crippen LogP) is 2.36. The molecule has 0 aliphatic heterocycles. The van der Waals surface area contributed by atoms with Crippen LogP contribution in [0.5, 0.6) is 0 Å². The number of amides is 2. The van der Waals surface area contributed by atoms with Crippen LogP contribution in [0.25, 0.3) is 0 Å². The van der Waals surface area contributed by atoms with Gasteiger partial charge in [0.2, 0.25) is 11.8 Å². The quantitative estimate of drug-likeness (QED) is 0.643. The van der Waals surface area contributed by atoms with Gasteiger partial charge in [-0.3, -0.25) is 9.59 Å². The van der Waals surface area contributed by atoms with Crippen molar-refractivity contribution in [3.8, 4) is 0 Å². The number of nitrogens with zero attached hydrogens (tertiary/aromatic N) is 3. The van der Waals surface area contributed by atoms with Crippen LogP contribution in [-0.2, 0) is 9.59 Å². The highest BCUT2D eigenvalue weighted by atomic mass is 32.2. The summed E-state index contributed by atoms with van der Waals surface area (Å²) in [4.78, 5) is 34.0.